The van der Waals surface area contributed by atoms with Crippen molar-refractivity contribution < 1.29 is 13.2 Å². The van der Waals surface area contributed by atoms with Gasteiger partial charge in [0.2, 0.25) is 15.9 Å². The van der Waals surface area contributed by atoms with Crippen molar-refractivity contribution in [1.29, 1.82) is 0 Å². The minimum Gasteiger partial charge on any atom is -0.358 e. The van der Waals surface area contributed by atoms with Crippen LogP contribution in [0.3, 0.4) is 0 Å². The van der Waals surface area contributed by atoms with Gasteiger partial charge in [-0.3, -0.25) is 9.69 Å². The summed E-state index contributed by atoms with van der Waals surface area (Å²) >= 11 is 3.29. The summed E-state index contributed by atoms with van der Waals surface area (Å²) in [5.74, 6) is -0.0563. The summed E-state index contributed by atoms with van der Waals surface area (Å²) in [5, 5.41) is 2.57. The van der Waals surface area contributed by atoms with E-state index in [-0.39, 0.29) is 5.91 Å². The van der Waals surface area contributed by atoms with Gasteiger partial charge in [0.25, 0.3) is 0 Å². The second-order valence-electron chi connectivity index (χ2n) is 4.81. The van der Waals surface area contributed by atoms with Gasteiger partial charge in [-0.05, 0) is 24.3 Å². The van der Waals surface area contributed by atoms with Crippen molar-refractivity contribution in [3.63, 3.8) is 0 Å². The van der Waals surface area contributed by atoms with Crippen LogP contribution in [0, 0.1) is 0 Å². The van der Waals surface area contributed by atoms with Crippen LogP contribution in [-0.2, 0) is 14.8 Å². The number of halogens is 1. The van der Waals surface area contributed by atoms with Crippen molar-refractivity contribution in [3.05, 3.63) is 28.7 Å². The molecule has 0 saturated carbocycles. The topological polar surface area (TPSA) is 69.7 Å². The molecule has 1 aliphatic heterocycles. The van der Waals surface area contributed by atoms with Crippen LogP contribution in [0.15, 0.2) is 33.6 Å². The van der Waals surface area contributed by atoms with Crippen LogP contribution >= 0.6 is 15.9 Å². The van der Waals surface area contributed by atoms with Crippen LogP contribution in [0.4, 0.5) is 0 Å². The first-order valence-electron chi connectivity index (χ1n) is 6.62. The number of nitrogens with one attached hydrogen (secondary N) is 1. The number of benzene rings is 1. The third-order valence-electron chi connectivity index (χ3n) is 3.43. The molecule has 0 bridgehead atoms. The first-order valence-corrected chi connectivity index (χ1v) is 8.85. The highest BCUT2D eigenvalue weighted by molar-refractivity contribution is 9.10. The number of nitrogens with zero attached hydrogens (tertiary/aromatic N) is 2. The lowest BCUT2D eigenvalue weighted by Crippen LogP contribution is -2.50. The molecular weight excluding hydrogens is 358 g/mol. The normalized spacial score (nSPS) is 17.6. The number of carbonyl (C=O) groups is 1. The second-order valence-corrected chi connectivity index (χ2v) is 7.66. The Morgan fingerprint density at radius 1 is 1.19 bits per heavy atom. The summed E-state index contributed by atoms with van der Waals surface area (Å²) in [5.41, 5.74) is 0. The lowest BCUT2D eigenvalue weighted by Gasteiger charge is -2.33. The maximum atomic E-state index is 12.5. The average Bonchev–Trinajstić information content (AvgIpc) is 2.48. The van der Waals surface area contributed by atoms with Crippen molar-refractivity contribution in [1.82, 2.24) is 14.5 Å². The minimum absolute atomic E-state index is 0.0563. The fourth-order valence-corrected chi connectivity index (χ4v) is 3.85. The van der Waals surface area contributed by atoms with E-state index in [2.05, 4.69) is 21.2 Å². The lowest BCUT2D eigenvalue weighted by molar-refractivity contribution is -0.122. The van der Waals surface area contributed by atoms with Crippen LogP contribution in [0.25, 0.3) is 0 Å². The minimum atomic E-state index is -3.45. The number of hydrogen-bond acceptors (Lipinski definition) is 4. The van der Waals surface area contributed by atoms with E-state index in [1.54, 1.807) is 31.3 Å². The van der Waals surface area contributed by atoms with Crippen molar-refractivity contribution in [2.24, 2.45) is 0 Å². The van der Waals surface area contributed by atoms with Crippen molar-refractivity contribution in [2.75, 3.05) is 39.8 Å². The molecule has 21 heavy (non-hydrogen) atoms. The maximum absolute atomic E-state index is 12.5. The molecule has 0 atom stereocenters. The Morgan fingerprint density at radius 3 is 2.29 bits per heavy atom. The number of rotatable bonds is 4. The van der Waals surface area contributed by atoms with E-state index < -0.39 is 10.0 Å². The van der Waals surface area contributed by atoms with Crippen molar-refractivity contribution in [2.45, 2.75) is 4.90 Å². The largest absolute Gasteiger partial charge is 0.358 e. The van der Waals surface area contributed by atoms with Gasteiger partial charge in [0.15, 0.2) is 0 Å². The summed E-state index contributed by atoms with van der Waals surface area (Å²) < 4.78 is 27.3. The molecule has 1 N–H and O–H groups in total. The first kappa shape index (κ1) is 16.4. The molecule has 1 heterocycles. The molecule has 0 unspecified atom stereocenters. The number of likely N-dealkylation sites (N-methyl/N-ethyl adjacent to an activating group) is 1. The van der Waals surface area contributed by atoms with E-state index in [1.807, 2.05) is 4.90 Å². The van der Waals surface area contributed by atoms with Gasteiger partial charge in [0.1, 0.15) is 0 Å². The Morgan fingerprint density at radius 2 is 1.76 bits per heavy atom. The molecule has 0 spiro atoms. The Bertz CT molecular complexity index is 596. The monoisotopic (exact) mass is 375 g/mol. The molecule has 116 valence electrons. The van der Waals surface area contributed by atoms with Gasteiger partial charge < -0.3 is 5.32 Å². The molecule has 0 radical (unpaired) electrons. The van der Waals surface area contributed by atoms with Crippen LogP contribution in [0.2, 0.25) is 0 Å². The molecule has 0 aliphatic carbocycles. The molecule has 8 heteroatoms. The Labute approximate surface area is 133 Å². The van der Waals surface area contributed by atoms with Crippen LogP contribution in [0.5, 0.6) is 0 Å². The van der Waals surface area contributed by atoms with Gasteiger partial charge in [0.05, 0.1) is 11.4 Å². The molecule has 1 aliphatic rings. The quantitative estimate of drug-likeness (QED) is 0.831. The zero-order chi connectivity index (χ0) is 15.5. The molecule has 1 fully saturated rings. The van der Waals surface area contributed by atoms with Gasteiger partial charge in [0, 0.05) is 37.7 Å². The van der Waals surface area contributed by atoms with Gasteiger partial charge >= 0.3 is 0 Å². The SMILES string of the molecule is CNC(=O)CN1CCN(S(=O)(=O)c2ccc(Br)cc2)CC1. The maximum Gasteiger partial charge on any atom is 0.243 e. The van der Waals surface area contributed by atoms with Crippen LogP contribution < -0.4 is 5.32 Å². The predicted molar refractivity (Wildman–Crippen MR) is 83.4 cm³/mol. The number of amides is 1. The highest BCUT2D eigenvalue weighted by Gasteiger charge is 2.28. The number of hydrogen-bond donors (Lipinski definition) is 1. The fourth-order valence-electron chi connectivity index (χ4n) is 2.17. The zero-order valence-electron chi connectivity index (χ0n) is 11.8. The van der Waals surface area contributed by atoms with E-state index in [9.17, 15) is 13.2 Å². The first-order chi connectivity index (χ1) is 9.93. The standard InChI is InChI=1S/C13H18BrN3O3S/c1-15-13(18)10-16-6-8-17(9-7-16)21(19,20)12-4-2-11(14)3-5-12/h2-5H,6-10H2,1H3,(H,15,18). The molecule has 2 rings (SSSR count). The molecule has 1 aromatic carbocycles. The molecule has 1 amide bonds. The summed E-state index contributed by atoms with van der Waals surface area (Å²) in [6, 6.07) is 6.62. The molecule has 0 aromatic heterocycles. The molecule has 1 saturated heterocycles. The van der Waals surface area contributed by atoms with E-state index in [0.29, 0.717) is 37.6 Å². The fraction of sp³-hybridized carbons (Fsp3) is 0.462. The van der Waals surface area contributed by atoms with Crippen molar-refractivity contribution >= 4 is 31.9 Å². The number of carbonyl (C=O) groups excluding carboxylic acids is 1. The molecule has 1 aromatic rings. The predicted octanol–water partition coefficient (Wildman–Crippen LogP) is 0.501. The Hall–Kier alpha value is -0.960. The van der Waals surface area contributed by atoms with Gasteiger partial charge in [-0.2, -0.15) is 4.31 Å². The Kier molecular flexibility index (Phi) is 5.37. The van der Waals surface area contributed by atoms with Gasteiger partial charge in [-0.25, -0.2) is 8.42 Å². The van der Waals surface area contributed by atoms with E-state index >= 15 is 0 Å². The zero-order valence-corrected chi connectivity index (χ0v) is 14.2. The van der Waals surface area contributed by atoms with Gasteiger partial charge in [-0.1, -0.05) is 15.9 Å². The van der Waals surface area contributed by atoms with Crippen LogP contribution in [0.1, 0.15) is 0 Å². The second kappa shape index (κ2) is 6.87. The summed E-state index contributed by atoms with van der Waals surface area (Å²) in [6.07, 6.45) is 0. The van der Waals surface area contributed by atoms with Crippen molar-refractivity contribution in [3.8, 4) is 0 Å². The third kappa shape index (κ3) is 4.03. The number of sulfonamides is 1. The average molecular weight is 376 g/mol. The lowest BCUT2D eigenvalue weighted by atomic mass is 10.3. The molecular formula is C13H18BrN3O3S. The summed E-state index contributed by atoms with van der Waals surface area (Å²) in [6.45, 7) is 2.22. The van der Waals surface area contributed by atoms with E-state index in [0.717, 1.165) is 4.47 Å². The Balaban J connectivity index is 2.01. The van der Waals surface area contributed by atoms with E-state index in [1.165, 1.54) is 4.31 Å². The van der Waals surface area contributed by atoms with Crippen LogP contribution in [-0.4, -0.2) is 63.3 Å². The summed E-state index contributed by atoms with van der Waals surface area (Å²) in [7, 11) is -1.86. The smallest absolute Gasteiger partial charge is 0.243 e. The third-order valence-corrected chi connectivity index (χ3v) is 5.87. The highest BCUT2D eigenvalue weighted by Crippen LogP contribution is 2.19. The summed E-state index contributed by atoms with van der Waals surface area (Å²) in [4.78, 5) is 13.6. The van der Waals surface area contributed by atoms with E-state index in [4.69, 9.17) is 0 Å². The number of piperazine rings is 1. The molecule has 6 nitrogen and oxygen atoms in total. The van der Waals surface area contributed by atoms with Gasteiger partial charge in [-0.15, -0.1) is 0 Å². The highest BCUT2D eigenvalue weighted by atomic mass is 79.9.